The van der Waals surface area contributed by atoms with Crippen molar-refractivity contribution in [2.75, 3.05) is 13.7 Å². The summed E-state index contributed by atoms with van der Waals surface area (Å²) < 4.78 is 30.6. The molecule has 9 heteroatoms. The van der Waals surface area contributed by atoms with Gasteiger partial charge in [-0.15, -0.1) is 0 Å². The molecule has 2 fully saturated rings. The van der Waals surface area contributed by atoms with Gasteiger partial charge >= 0.3 is 0 Å². The van der Waals surface area contributed by atoms with Gasteiger partial charge in [0, 0.05) is 15.4 Å². The zero-order valence-corrected chi connectivity index (χ0v) is 20.6. The second-order valence-electron chi connectivity index (χ2n) is 8.47. The molecule has 2 heterocycles. The lowest BCUT2D eigenvalue weighted by molar-refractivity contribution is -0.311. The lowest BCUT2D eigenvalue weighted by atomic mass is 9.97. The van der Waals surface area contributed by atoms with Gasteiger partial charge in [0.2, 0.25) is 0 Å². The molecule has 0 aliphatic carbocycles. The summed E-state index contributed by atoms with van der Waals surface area (Å²) in [5.41, 5.74) is 10.9. The number of fused-ring (bicyclic) bond motifs is 1. The van der Waals surface area contributed by atoms with Crippen LogP contribution in [0, 0.1) is 0 Å². The van der Waals surface area contributed by atoms with Gasteiger partial charge in [-0.2, -0.15) is 0 Å². The van der Waals surface area contributed by atoms with E-state index in [9.17, 15) is 5.53 Å². The Hall–Kier alpha value is -3.04. The summed E-state index contributed by atoms with van der Waals surface area (Å²) in [5, 5.41) is 4.14. The molecule has 0 radical (unpaired) electrons. The van der Waals surface area contributed by atoms with Crippen molar-refractivity contribution in [3.63, 3.8) is 0 Å². The van der Waals surface area contributed by atoms with E-state index in [0.717, 1.165) is 21.8 Å². The molecule has 6 atom stereocenters. The number of hydrogen-bond donors (Lipinski definition) is 0. The maximum absolute atomic E-state index is 9.46. The maximum atomic E-state index is 9.46. The van der Waals surface area contributed by atoms with Gasteiger partial charge in [-0.05, 0) is 35.4 Å². The Morgan fingerprint density at radius 1 is 0.972 bits per heavy atom. The maximum Gasteiger partial charge on any atom is 0.184 e. The summed E-state index contributed by atoms with van der Waals surface area (Å²) >= 11 is 1.48. The second kappa shape index (κ2) is 11.8. The van der Waals surface area contributed by atoms with Crippen molar-refractivity contribution in [1.82, 2.24) is 0 Å². The number of rotatable bonds is 8. The fourth-order valence-corrected chi connectivity index (χ4v) is 5.47. The zero-order valence-electron chi connectivity index (χ0n) is 19.8. The van der Waals surface area contributed by atoms with Crippen LogP contribution in [0.15, 0.2) is 94.9 Å². The van der Waals surface area contributed by atoms with Crippen LogP contribution in [0.4, 0.5) is 0 Å². The van der Waals surface area contributed by atoms with E-state index in [-0.39, 0.29) is 6.10 Å². The first-order valence-electron chi connectivity index (χ1n) is 11.7. The van der Waals surface area contributed by atoms with Crippen molar-refractivity contribution in [1.29, 1.82) is 0 Å². The minimum absolute atomic E-state index is 0.331. The van der Waals surface area contributed by atoms with Crippen LogP contribution >= 0.6 is 11.8 Å². The van der Waals surface area contributed by atoms with Crippen molar-refractivity contribution in [3.05, 3.63) is 106 Å². The van der Waals surface area contributed by atoms with E-state index in [0.29, 0.717) is 13.2 Å². The van der Waals surface area contributed by atoms with Crippen LogP contribution in [-0.4, -0.2) is 43.5 Å². The van der Waals surface area contributed by atoms with Crippen molar-refractivity contribution in [3.8, 4) is 5.75 Å². The van der Waals surface area contributed by atoms with E-state index in [1.165, 1.54) is 11.8 Å². The van der Waals surface area contributed by atoms with Crippen molar-refractivity contribution in [2.45, 2.75) is 47.6 Å². The average molecular weight is 506 g/mol. The quantitative estimate of drug-likeness (QED) is 0.215. The summed E-state index contributed by atoms with van der Waals surface area (Å²) in [5.74, 6) is 0.765. The molecule has 0 aromatic heterocycles. The highest BCUT2D eigenvalue weighted by Crippen LogP contribution is 2.41. The Balaban J connectivity index is 1.42. The predicted molar refractivity (Wildman–Crippen MR) is 135 cm³/mol. The van der Waals surface area contributed by atoms with E-state index >= 15 is 0 Å². The van der Waals surface area contributed by atoms with Crippen LogP contribution in [0.1, 0.15) is 17.4 Å². The van der Waals surface area contributed by atoms with Gasteiger partial charge in [0.05, 0.1) is 26.4 Å². The smallest absolute Gasteiger partial charge is 0.184 e. The minimum atomic E-state index is -0.624. The first kappa shape index (κ1) is 24.6. The fraction of sp³-hybridized carbons (Fsp3) is 0.333. The molecule has 5 rings (SSSR count). The van der Waals surface area contributed by atoms with Crippen LogP contribution in [0.5, 0.6) is 5.75 Å². The number of hydrogen-bond acceptors (Lipinski definition) is 7. The fourth-order valence-electron chi connectivity index (χ4n) is 4.37. The second-order valence-corrected chi connectivity index (χ2v) is 9.64. The molecule has 8 nitrogen and oxygen atoms in total. The number of azide groups is 1. The summed E-state index contributed by atoms with van der Waals surface area (Å²) in [7, 11) is 1.63. The molecule has 2 saturated heterocycles. The van der Waals surface area contributed by atoms with Gasteiger partial charge in [0.1, 0.15) is 29.4 Å². The van der Waals surface area contributed by atoms with Gasteiger partial charge in [-0.3, -0.25) is 0 Å². The van der Waals surface area contributed by atoms with Crippen molar-refractivity contribution in [2.24, 2.45) is 5.11 Å². The van der Waals surface area contributed by atoms with Gasteiger partial charge in [0.15, 0.2) is 6.29 Å². The third-order valence-electron chi connectivity index (χ3n) is 6.16. The summed E-state index contributed by atoms with van der Waals surface area (Å²) in [4.78, 5) is 4.10. The van der Waals surface area contributed by atoms with Crippen molar-refractivity contribution >= 4 is 11.8 Å². The molecule has 36 heavy (non-hydrogen) atoms. The molecular weight excluding hydrogens is 478 g/mol. The first-order valence-corrected chi connectivity index (χ1v) is 12.6. The van der Waals surface area contributed by atoms with E-state index in [2.05, 4.69) is 10.0 Å². The molecular formula is C27H27N3O5S. The Kier molecular flexibility index (Phi) is 8.08. The lowest BCUT2D eigenvalue weighted by Crippen LogP contribution is -2.61. The van der Waals surface area contributed by atoms with Crippen LogP contribution in [0.2, 0.25) is 0 Å². The number of methoxy groups -OCH3 is 1. The summed E-state index contributed by atoms with van der Waals surface area (Å²) in [6.07, 6.45) is -1.95. The lowest BCUT2D eigenvalue weighted by Gasteiger charge is -2.48. The van der Waals surface area contributed by atoms with Crippen molar-refractivity contribution < 1.29 is 23.7 Å². The largest absolute Gasteiger partial charge is 0.497 e. The van der Waals surface area contributed by atoms with Crippen LogP contribution < -0.4 is 4.74 Å². The van der Waals surface area contributed by atoms with E-state index < -0.39 is 30.0 Å². The standard InChI is InChI=1S/C27H27N3O5S/c1-31-20-12-14-21(15-13-20)36-27-23(29-30-28)25(32-16-18-8-4-2-5-9-18)24-22(34-27)17-33-26(35-24)19-10-6-3-7-11-19/h2-15,22-27H,16-17H2,1H3/t22-,23+,24-,25-,26-,27-/m1/s1. The molecule has 2 aliphatic rings. The normalized spacial score (nSPS) is 27.5. The zero-order chi connectivity index (χ0) is 24.7. The SMILES string of the molecule is COc1ccc(S[C@H]2O[C@@H]3CO[C@@H](c4ccccc4)O[C@H]3[C@H](OCc3ccccc3)[C@@H]2N=[N+]=[N-])cc1. The molecule has 3 aromatic rings. The number of ether oxygens (including phenoxy) is 5. The highest BCUT2D eigenvalue weighted by molar-refractivity contribution is 7.99. The number of nitrogens with zero attached hydrogens (tertiary/aromatic N) is 3. The van der Waals surface area contributed by atoms with Crippen LogP contribution in [-0.2, 0) is 25.6 Å². The van der Waals surface area contributed by atoms with E-state index in [4.69, 9.17) is 23.7 Å². The van der Waals surface area contributed by atoms with E-state index in [1.807, 2.05) is 84.9 Å². The molecule has 0 amide bonds. The molecule has 2 aliphatic heterocycles. The Morgan fingerprint density at radius 2 is 1.69 bits per heavy atom. The van der Waals surface area contributed by atoms with Crippen LogP contribution in [0.25, 0.3) is 10.4 Å². The Morgan fingerprint density at radius 3 is 2.39 bits per heavy atom. The van der Waals surface area contributed by atoms with Gasteiger partial charge in [0.25, 0.3) is 0 Å². The topological polar surface area (TPSA) is 94.9 Å². The average Bonchev–Trinajstić information content (AvgIpc) is 2.94. The number of benzene rings is 3. The Labute approximate surface area is 214 Å². The monoisotopic (exact) mass is 505 g/mol. The molecule has 0 bridgehead atoms. The molecule has 0 spiro atoms. The Bertz CT molecular complexity index is 1160. The third kappa shape index (κ3) is 5.68. The highest BCUT2D eigenvalue weighted by Gasteiger charge is 2.50. The summed E-state index contributed by atoms with van der Waals surface area (Å²) in [6, 6.07) is 26.7. The molecule has 0 N–H and O–H groups in total. The highest BCUT2D eigenvalue weighted by atomic mass is 32.2. The first-order chi connectivity index (χ1) is 17.7. The molecule has 186 valence electrons. The van der Waals surface area contributed by atoms with E-state index in [1.54, 1.807) is 7.11 Å². The van der Waals surface area contributed by atoms with Gasteiger partial charge in [-0.1, -0.05) is 77.5 Å². The van der Waals surface area contributed by atoms with Crippen LogP contribution in [0.3, 0.4) is 0 Å². The molecule has 0 unspecified atom stereocenters. The summed E-state index contributed by atoms with van der Waals surface area (Å²) in [6.45, 7) is 0.685. The molecule has 0 saturated carbocycles. The predicted octanol–water partition coefficient (Wildman–Crippen LogP) is 5.89. The number of thioether (sulfide) groups is 1. The minimum Gasteiger partial charge on any atom is -0.497 e. The molecule has 3 aromatic carbocycles. The van der Waals surface area contributed by atoms with Gasteiger partial charge in [-0.25, -0.2) is 0 Å². The third-order valence-corrected chi connectivity index (χ3v) is 7.33. The van der Waals surface area contributed by atoms with Gasteiger partial charge < -0.3 is 23.7 Å².